The number of fused-ring (bicyclic) bond motifs is 3. The molecule has 0 bridgehead atoms. The minimum absolute atomic E-state index is 0.725. The number of aromatic nitrogens is 2. The smallest absolute Gasteiger partial charge is 0.250 e. The number of hydrogen-bond acceptors (Lipinski definition) is 2. The Morgan fingerprint density at radius 2 is 2.05 bits per heavy atom. The molecular weight excluding hydrogens is 274 g/mol. The van der Waals surface area contributed by atoms with Crippen LogP contribution in [0.2, 0.25) is 0 Å². The van der Waals surface area contributed by atoms with Gasteiger partial charge in [0, 0.05) is 6.07 Å². The average Bonchev–Trinajstić information content (AvgIpc) is 2.94. The van der Waals surface area contributed by atoms with Gasteiger partial charge in [-0.3, -0.25) is 9.88 Å². The number of quaternary nitrogens is 1. The summed E-state index contributed by atoms with van der Waals surface area (Å²) in [6.45, 7) is 6.32. The largest absolute Gasteiger partial charge is 0.341 e. The van der Waals surface area contributed by atoms with Crippen LogP contribution in [0.1, 0.15) is 11.1 Å². The minimum atomic E-state index is 0.725. The van der Waals surface area contributed by atoms with Crippen molar-refractivity contribution >= 4 is 22.5 Å². The fraction of sp³-hybridized carbons (Fsp3) is 0.294. The Hall–Kier alpha value is -2.58. The molecule has 3 N–H and O–H groups in total. The molecule has 1 aliphatic heterocycles. The highest BCUT2D eigenvalue weighted by Crippen LogP contribution is 2.22. The number of nitrogens with zero attached hydrogens (tertiary/aromatic N) is 3. The van der Waals surface area contributed by atoms with Gasteiger partial charge in [0.25, 0.3) is 0 Å². The van der Waals surface area contributed by atoms with E-state index in [1.807, 2.05) is 19.1 Å². The Kier molecular flexibility index (Phi) is 2.98. The molecule has 110 valence electrons. The first-order valence-electron chi connectivity index (χ1n) is 7.72. The number of rotatable bonds is 1. The molecule has 0 saturated carbocycles. The number of nitrogens with one attached hydrogen (secondary N) is 1. The minimum Gasteiger partial charge on any atom is -0.341 e. The predicted molar refractivity (Wildman–Crippen MR) is 84.8 cm³/mol. The van der Waals surface area contributed by atoms with Gasteiger partial charge < -0.3 is 5.32 Å². The summed E-state index contributed by atoms with van der Waals surface area (Å²) in [5, 5.41) is 11.9. The van der Waals surface area contributed by atoms with Crippen molar-refractivity contribution in [1.29, 1.82) is 5.26 Å². The van der Waals surface area contributed by atoms with E-state index in [-0.39, 0.29) is 0 Å². The third-order valence-corrected chi connectivity index (χ3v) is 4.47. The van der Waals surface area contributed by atoms with Gasteiger partial charge in [-0.15, -0.1) is 0 Å². The molecule has 1 aliphatic rings. The summed E-state index contributed by atoms with van der Waals surface area (Å²) in [4.78, 5) is 5.84. The molecule has 3 heterocycles. The number of para-hydroxylation sites is 2. The van der Waals surface area contributed by atoms with Crippen molar-refractivity contribution in [3.8, 4) is 6.07 Å². The van der Waals surface area contributed by atoms with Crippen LogP contribution in [0.3, 0.4) is 0 Å². The van der Waals surface area contributed by atoms with Crippen LogP contribution in [-0.4, -0.2) is 31.2 Å². The molecule has 0 spiro atoms. The number of nitriles is 1. The molecular formula is C17H19N5+2. The fourth-order valence-electron chi connectivity index (χ4n) is 3.36. The lowest BCUT2D eigenvalue weighted by Gasteiger charge is -2.23. The van der Waals surface area contributed by atoms with E-state index < -0.39 is 0 Å². The van der Waals surface area contributed by atoms with E-state index >= 15 is 0 Å². The van der Waals surface area contributed by atoms with Gasteiger partial charge in [0.05, 0.1) is 0 Å². The van der Waals surface area contributed by atoms with Gasteiger partial charge in [-0.2, -0.15) is 9.66 Å². The molecule has 4 rings (SSSR count). The third kappa shape index (κ3) is 1.85. The Morgan fingerprint density at radius 1 is 1.27 bits per heavy atom. The number of aromatic amines is 1. The number of nitrogens with two attached hydrogens (primary N) is 1. The molecule has 2 aromatic heterocycles. The fourth-order valence-corrected chi connectivity index (χ4v) is 3.36. The van der Waals surface area contributed by atoms with Crippen molar-refractivity contribution in [2.75, 3.05) is 31.1 Å². The van der Waals surface area contributed by atoms with Crippen LogP contribution in [0.25, 0.3) is 16.7 Å². The van der Waals surface area contributed by atoms with Gasteiger partial charge in [-0.05, 0) is 24.6 Å². The SMILES string of the molecule is Cc1cc(N2CC[NH2+]CC2)[n+]2c([nH]c3ccccc32)c1C#N. The number of imidazole rings is 1. The maximum absolute atomic E-state index is 9.54. The molecule has 1 aromatic carbocycles. The molecule has 0 aliphatic carbocycles. The van der Waals surface area contributed by atoms with E-state index in [4.69, 9.17) is 0 Å². The molecule has 0 atom stereocenters. The van der Waals surface area contributed by atoms with E-state index in [1.165, 1.54) is 5.82 Å². The van der Waals surface area contributed by atoms with E-state index in [1.54, 1.807) is 0 Å². The van der Waals surface area contributed by atoms with Gasteiger partial charge in [-0.25, -0.2) is 0 Å². The van der Waals surface area contributed by atoms with Crippen molar-refractivity contribution in [3.63, 3.8) is 0 Å². The Labute approximate surface area is 128 Å². The normalized spacial score (nSPS) is 15.4. The highest BCUT2D eigenvalue weighted by Gasteiger charge is 2.26. The first-order chi connectivity index (χ1) is 10.8. The standard InChI is InChI=1S/C17H17N5/c1-12-10-16(21-8-6-19-7-9-21)22-15-5-3-2-4-14(15)20-17(22)13(12)11-18/h2-5,10,19H,6-9H2,1H3/p+2. The topological polar surface area (TPSA) is 63.5 Å². The maximum Gasteiger partial charge on any atom is 0.250 e. The zero-order valence-corrected chi connectivity index (χ0v) is 12.6. The summed E-state index contributed by atoms with van der Waals surface area (Å²) < 4.78 is 2.20. The Balaban J connectivity index is 2.09. The van der Waals surface area contributed by atoms with Crippen molar-refractivity contribution in [3.05, 3.63) is 41.5 Å². The molecule has 5 heteroatoms. The van der Waals surface area contributed by atoms with Crippen molar-refractivity contribution in [2.45, 2.75) is 6.92 Å². The van der Waals surface area contributed by atoms with Crippen LogP contribution in [0.5, 0.6) is 0 Å². The number of benzene rings is 1. The van der Waals surface area contributed by atoms with E-state index in [0.717, 1.165) is 54.0 Å². The summed E-state index contributed by atoms with van der Waals surface area (Å²) in [5.74, 6) is 1.18. The van der Waals surface area contributed by atoms with Gasteiger partial charge in [-0.1, -0.05) is 12.1 Å². The van der Waals surface area contributed by atoms with Gasteiger partial charge in [0.1, 0.15) is 48.8 Å². The molecule has 22 heavy (non-hydrogen) atoms. The Bertz CT molecular complexity index is 897. The van der Waals surface area contributed by atoms with Crippen LogP contribution in [0.4, 0.5) is 5.82 Å². The van der Waals surface area contributed by atoms with Crippen molar-refractivity contribution in [2.24, 2.45) is 0 Å². The van der Waals surface area contributed by atoms with Crippen LogP contribution >= 0.6 is 0 Å². The van der Waals surface area contributed by atoms with Gasteiger partial charge in [0.15, 0.2) is 0 Å². The van der Waals surface area contributed by atoms with Gasteiger partial charge >= 0.3 is 0 Å². The third-order valence-electron chi connectivity index (χ3n) is 4.47. The number of hydrogen-bond donors (Lipinski definition) is 2. The number of piperazine rings is 1. The zero-order chi connectivity index (χ0) is 15.1. The molecule has 1 saturated heterocycles. The highest BCUT2D eigenvalue weighted by atomic mass is 15.3. The average molecular weight is 293 g/mol. The zero-order valence-electron chi connectivity index (χ0n) is 12.6. The van der Waals surface area contributed by atoms with Gasteiger partial charge in [0.2, 0.25) is 11.5 Å². The predicted octanol–water partition coefficient (Wildman–Crippen LogP) is 0.470. The van der Waals surface area contributed by atoms with E-state index in [0.29, 0.717) is 0 Å². The molecule has 3 aromatic rings. The van der Waals surface area contributed by atoms with E-state index in [9.17, 15) is 5.26 Å². The lowest BCUT2D eigenvalue weighted by atomic mass is 10.1. The van der Waals surface area contributed by atoms with Crippen LogP contribution in [0.15, 0.2) is 30.3 Å². The number of aryl methyl sites for hydroxylation is 1. The monoisotopic (exact) mass is 293 g/mol. The molecule has 1 fully saturated rings. The summed E-state index contributed by atoms with van der Waals surface area (Å²) in [6.07, 6.45) is 0. The summed E-state index contributed by atoms with van der Waals surface area (Å²) in [6, 6.07) is 12.7. The second-order valence-corrected chi connectivity index (χ2v) is 5.85. The van der Waals surface area contributed by atoms with Crippen molar-refractivity contribution < 1.29 is 9.72 Å². The first-order valence-corrected chi connectivity index (χ1v) is 7.72. The van der Waals surface area contributed by atoms with Crippen LogP contribution < -0.4 is 14.6 Å². The molecule has 0 unspecified atom stereocenters. The summed E-state index contributed by atoms with van der Waals surface area (Å²) in [5.41, 5.74) is 4.84. The second-order valence-electron chi connectivity index (χ2n) is 5.85. The van der Waals surface area contributed by atoms with Crippen LogP contribution in [-0.2, 0) is 0 Å². The summed E-state index contributed by atoms with van der Waals surface area (Å²) >= 11 is 0. The molecule has 0 amide bonds. The lowest BCUT2D eigenvalue weighted by molar-refractivity contribution is -0.656. The summed E-state index contributed by atoms with van der Waals surface area (Å²) in [7, 11) is 0. The Morgan fingerprint density at radius 3 is 2.82 bits per heavy atom. The van der Waals surface area contributed by atoms with Crippen molar-refractivity contribution in [1.82, 2.24) is 4.98 Å². The highest BCUT2D eigenvalue weighted by molar-refractivity contribution is 5.77. The molecule has 0 radical (unpaired) electrons. The molecule has 5 nitrogen and oxygen atoms in total. The number of H-pyrrole nitrogens is 1. The van der Waals surface area contributed by atoms with Crippen LogP contribution in [0, 0.1) is 18.3 Å². The van der Waals surface area contributed by atoms with E-state index in [2.05, 4.69) is 43.9 Å². The maximum atomic E-state index is 9.54. The number of anilines is 1. The first kappa shape index (κ1) is 13.1. The quantitative estimate of drug-likeness (QED) is 0.641. The lowest BCUT2D eigenvalue weighted by Crippen LogP contribution is -2.90. The number of pyridine rings is 1. The second kappa shape index (κ2) is 5.00.